The van der Waals surface area contributed by atoms with E-state index < -0.39 is 0 Å². The van der Waals surface area contributed by atoms with E-state index in [2.05, 4.69) is 144 Å². The summed E-state index contributed by atoms with van der Waals surface area (Å²) in [6.45, 7) is 41.9. The number of halogens is 6. The fourth-order valence-corrected chi connectivity index (χ4v) is 20.8. The monoisotopic (exact) mass is 1990 g/mol. The molecule has 0 radical (unpaired) electrons. The SMILES string of the molecule is CCc1noc(C)c1CSc1nc(C)cc(=O)[nH]1.CCn1c(CSc2nc(C)cc(C)n2)cnc1Cl.Cc1cc(C)nc(SCc2c(Cl)cncc2Cl)n1.Cc1cc(C)nc(SCc2c(Cl)ncn2C)n1.Cc1cc(C)nc(SCc2cnc(Cl)n2C(C)C)n1.Cc1cc(C)nc(SCc2cncn2CC(C)C)n1.Cc1cc(C)nc(SCc2nc3ccccn3c2Cl)n1. The number of fused-ring (bicyclic) bond motifs is 1. The molecule has 15 aromatic rings. The molecule has 15 heterocycles. The largest absolute Gasteiger partial charge is 0.361 e. The number of nitrogens with zero attached hydrogens (tertiary/aromatic N) is 25. The maximum absolute atomic E-state index is 11.3. The Balaban J connectivity index is 0.000000170. The van der Waals surface area contributed by atoms with Crippen molar-refractivity contribution in [1.29, 1.82) is 0 Å². The summed E-state index contributed by atoms with van der Waals surface area (Å²) in [5.41, 5.74) is 21.4. The van der Waals surface area contributed by atoms with E-state index in [0.717, 1.165) is 198 Å². The third kappa shape index (κ3) is 33.6. The standard InChI is InChI=1S/C14H13ClN4S.C14H20N4S.C13H17ClN4S.C12H11Cl2N3S.C12H15ClN4S.C12H15N3O2S.C11H13ClN4S/c1-9-7-10(2)17-14(16-9)20-8-11-13(15)19-6-4-3-5-12(19)18-11;1-10(2)7-18-9-15-6-13(18)8-19-14-16-11(3)5-12(4)17-14;1-8(2)18-11(6-15-12(18)14)7-19-13-16-9(3)5-10(4)17-13;1-7-3-8(2)17-12(16-7)18-6-9-10(13)4-15-5-11(9)14;1-4-17-10(6-14-11(17)13)7-18-12-15-8(2)5-9(3)16-12;1-4-10-9(8(3)17-15-10)6-18-12-13-7(2)5-11(16)14-12;1-7-4-8(2)15-11(14-7)17-5-9-10(12)13-6-16(9)3/h3-7H,8H2,1-2H3;5-6,9-10H,7-8H2,1-4H3;5-6,8H,7H2,1-4H3;3-5H,6H2,1-2H3;5-6H,4,7H2,1-3H3;5H,4,6H2,1-3H3,(H,13,14,16);4,6H,5H2,1-3H3. The van der Waals surface area contributed by atoms with Crippen LogP contribution in [0.4, 0.5) is 0 Å². The van der Waals surface area contributed by atoms with Crippen LogP contribution in [-0.2, 0) is 66.8 Å². The summed E-state index contributed by atoms with van der Waals surface area (Å²) in [6, 6.07) is 19.4. The lowest BCUT2D eigenvalue weighted by Gasteiger charge is -2.12. The van der Waals surface area contributed by atoms with E-state index in [9.17, 15) is 4.79 Å². The van der Waals surface area contributed by atoms with Gasteiger partial charge in [0.2, 0.25) is 10.6 Å². The molecule has 0 amide bonds. The summed E-state index contributed by atoms with van der Waals surface area (Å²) in [4.78, 5) is 96.1. The number of thioether (sulfide) groups is 7. The molecule has 0 aliphatic heterocycles. The first-order valence-electron chi connectivity index (χ1n) is 40.8. The lowest BCUT2D eigenvalue weighted by atomic mass is 10.2. The van der Waals surface area contributed by atoms with Crippen LogP contribution >= 0.6 is 152 Å². The van der Waals surface area contributed by atoms with Gasteiger partial charge in [-0.2, -0.15) is 0 Å². The molecule has 0 fully saturated rings. The summed E-state index contributed by atoms with van der Waals surface area (Å²) < 4.78 is 15.2. The number of aromatic amines is 1. The van der Waals surface area contributed by atoms with Gasteiger partial charge >= 0.3 is 0 Å². The lowest BCUT2D eigenvalue weighted by Crippen LogP contribution is -2.08. The molecule has 0 atom stereocenters. The lowest BCUT2D eigenvalue weighted by molar-refractivity contribution is 0.390. The zero-order chi connectivity index (χ0) is 93.7. The van der Waals surface area contributed by atoms with Gasteiger partial charge in [0.05, 0.1) is 52.2 Å². The molecule has 0 bridgehead atoms. The maximum atomic E-state index is 11.3. The summed E-state index contributed by atoms with van der Waals surface area (Å²) in [5.74, 6) is 6.55. The Hall–Kier alpha value is -8.56. The van der Waals surface area contributed by atoms with Gasteiger partial charge in [-0.05, 0) is 202 Å². The van der Waals surface area contributed by atoms with E-state index in [1.54, 1.807) is 84.5 Å². The number of H-pyrrole nitrogens is 1. The van der Waals surface area contributed by atoms with Gasteiger partial charge in [-0.1, -0.05) is 161 Å². The number of hydrogen-bond acceptors (Lipinski definition) is 29. The van der Waals surface area contributed by atoms with Crippen molar-refractivity contribution in [3.63, 3.8) is 0 Å². The van der Waals surface area contributed by atoms with Crippen molar-refractivity contribution < 1.29 is 4.52 Å². The van der Waals surface area contributed by atoms with E-state index in [-0.39, 0.29) is 5.56 Å². The summed E-state index contributed by atoms with van der Waals surface area (Å²) >= 11 is 47.5. The predicted molar refractivity (Wildman–Crippen MR) is 526 cm³/mol. The maximum Gasteiger partial charge on any atom is 0.251 e. The minimum absolute atomic E-state index is 0.122. The molecule has 129 heavy (non-hydrogen) atoms. The number of rotatable bonds is 26. The first-order valence-corrected chi connectivity index (χ1v) is 49.9. The van der Waals surface area contributed by atoms with Crippen molar-refractivity contribution >= 4 is 158 Å². The molecule has 41 heteroatoms. The average molecular weight is 2000 g/mol. The van der Waals surface area contributed by atoms with E-state index in [1.807, 2.05) is 208 Å². The molecule has 15 rings (SSSR count). The third-order valence-electron chi connectivity index (χ3n) is 17.9. The number of imidazole rings is 5. The van der Waals surface area contributed by atoms with Crippen LogP contribution in [0, 0.1) is 103 Å². The number of hydrogen-bond donors (Lipinski definition) is 1. The van der Waals surface area contributed by atoms with Gasteiger partial charge in [0, 0.05) is 200 Å². The molecule has 682 valence electrons. The molecule has 1 N–H and O–H groups in total. The molecule has 15 aromatic heterocycles. The summed E-state index contributed by atoms with van der Waals surface area (Å²) in [5, 5.41) is 12.7. The van der Waals surface area contributed by atoms with Gasteiger partial charge in [0.15, 0.2) is 41.2 Å². The van der Waals surface area contributed by atoms with Gasteiger partial charge in [0.25, 0.3) is 5.56 Å². The van der Waals surface area contributed by atoms with Crippen LogP contribution in [0.25, 0.3) is 5.65 Å². The summed E-state index contributed by atoms with van der Waals surface area (Å²) in [7, 11) is 1.93. The summed E-state index contributed by atoms with van der Waals surface area (Å²) in [6.07, 6.45) is 15.1. The van der Waals surface area contributed by atoms with Crippen molar-refractivity contribution in [2.24, 2.45) is 13.0 Å². The fourth-order valence-electron chi connectivity index (χ4n) is 12.2. The average Bonchev–Trinajstić information content (AvgIpc) is 1.34. The molecule has 0 aliphatic rings. The van der Waals surface area contributed by atoms with Crippen LogP contribution in [0.1, 0.15) is 173 Å². The molecule has 0 unspecified atom stereocenters. The Morgan fingerprint density at radius 1 is 0.434 bits per heavy atom. The molecule has 0 aromatic carbocycles. The van der Waals surface area contributed by atoms with Crippen LogP contribution in [0.3, 0.4) is 0 Å². The fraction of sp³-hybridized carbons (Fsp3) is 0.375. The van der Waals surface area contributed by atoms with Crippen molar-refractivity contribution in [1.82, 2.24) is 128 Å². The highest BCUT2D eigenvalue weighted by Gasteiger charge is 2.19. The van der Waals surface area contributed by atoms with Gasteiger partial charge in [-0.3, -0.25) is 14.2 Å². The number of pyridine rings is 2. The van der Waals surface area contributed by atoms with Crippen LogP contribution in [0.2, 0.25) is 30.9 Å². The van der Waals surface area contributed by atoms with Crippen LogP contribution in [0.15, 0.2) is 156 Å². The van der Waals surface area contributed by atoms with Crippen molar-refractivity contribution in [3.8, 4) is 0 Å². The molecular formula is C88H104Cl6N26O2S7. The van der Waals surface area contributed by atoms with Gasteiger partial charge < -0.3 is 27.8 Å². The Bertz CT molecular complexity index is 6100. The molecule has 0 saturated carbocycles. The second-order valence-electron chi connectivity index (χ2n) is 30.0. The smallest absolute Gasteiger partial charge is 0.251 e. The Labute approximate surface area is 812 Å². The normalized spacial score (nSPS) is 11.0. The van der Waals surface area contributed by atoms with Gasteiger partial charge in [0.1, 0.15) is 16.6 Å². The van der Waals surface area contributed by atoms with Crippen molar-refractivity contribution in [2.45, 2.75) is 240 Å². The Morgan fingerprint density at radius 3 is 1.31 bits per heavy atom. The topological polar surface area (TPSA) is 328 Å². The minimum atomic E-state index is -0.122. The van der Waals surface area contributed by atoms with Crippen molar-refractivity contribution in [2.75, 3.05) is 0 Å². The molecular weight excluding hydrogens is 1890 g/mol. The van der Waals surface area contributed by atoms with Gasteiger partial charge in [-0.25, -0.2) is 89.7 Å². The Morgan fingerprint density at radius 2 is 0.868 bits per heavy atom. The highest BCUT2D eigenvalue weighted by molar-refractivity contribution is 7.99. The van der Waals surface area contributed by atoms with E-state index >= 15 is 0 Å². The van der Waals surface area contributed by atoms with E-state index in [0.29, 0.717) is 65.3 Å². The highest BCUT2D eigenvalue weighted by atomic mass is 35.5. The van der Waals surface area contributed by atoms with Gasteiger partial charge in [-0.15, -0.1) is 0 Å². The van der Waals surface area contributed by atoms with Crippen LogP contribution < -0.4 is 5.56 Å². The quantitative estimate of drug-likeness (QED) is 0.0389. The molecule has 0 saturated heterocycles. The second-order valence-corrected chi connectivity index (χ2v) is 38.8. The third-order valence-corrected chi connectivity index (χ3v) is 25.9. The second kappa shape index (κ2) is 51.5. The predicted octanol–water partition coefficient (Wildman–Crippen LogP) is 23.1. The van der Waals surface area contributed by atoms with Crippen LogP contribution in [0.5, 0.6) is 0 Å². The number of aryl methyl sites for hydroxylation is 16. The highest BCUT2D eigenvalue weighted by Crippen LogP contribution is 2.33. The first kappa shape index (κ1) is 104. The number of nitrogens with one attached hydrogen (secondary N) is 1. The number of aromatic nitrogens is 26. The molecule has 0 spiro atoms. The zero-order valence-electron chi connectivity index (χ0n) is 75.7. The van der Waals surface area contributed by atoms with E-state index in [4.69, 9.17) is 74.1 Å². The minimum Gasteiger partial charge on any atom is -0.361 e. The van der Waals surface area contributed by atoms with Crippen LogP contribution in [-0.4, -0.2) is 128 Å². The Kier molecular flexibility index (Phi) is 41.5. The first-order chi connectivity index (χ1) is 61.5. The zero-order valence-corrected chi connectivity index (χ0v) is 86.0. The van der Waals surface area contributed by atoms with Crippen molar-refractivity contribution in [3.05, 3.63) is 277 Å². The van der Waals surface area contributed by atoms with E-state index in [1.165, 1.54) is 35.3 Å². The molecule has 28 nitrogen and oxygen atoms in total. The molecule has 0 aliphatic carbocycles.